The highest BCUT2D eigenvalue weighted by molar-refractivity contribution is 9.10. The number of anilines is 1. The fourth-order valence-electron chi connectivity index (χ4n) is 3.48. The Hall–Kier alpha value is -1.36. The first-order chi connectivity index (χ1) is 10.5. The van der Waals surface area contributed by atoms with Crippen molar-refractivity contribution in [2.75, 3.05) is 11.9 Å². The van der Waals surface area contributed by atoms with Gasteiger partial charge in [-0.1, -0.05) is 28.8 Å². The highest BCUT2D eigenvalue weighted by Crippen LogP contribution is 2.30. The van der Waals surface area contributed by atoms with Crippen LogP contribution in [-0.4, -0.2) is 29.3 Å². The van der Waals surface area contributed by atoms with Gasteiger partial charge in [0.2, 0.25) is 11.8 Å². The predicted octanol–water partition coefficient (Wildman–Crippen LogP) is 3.49. The number of rotatable bonds is 3. The minimum atomic E-state index is -0.226. The van der Waals surface area contributed by atoms with Crippen LogP contribution < -0.4 is 5.32 Å². The van der Waals surface area contributed by atoms with E-state index in [4.69, 9.17) is 0 Å². The number of amides is 2. The molecule has 1 aliphatic carbocycles. The molecular formula is C17H21BrN2O2. The predicted molar refractivity (Wildman–Crippen MR) is 89.6 cm³/mol. The van der Waals surface area contributed by atoms with Crippen LogP contribution in [0.2, 0.25) is 0 Å². The summed E-state index contributed by atoms with van der Waals surface area (Å²) in [7, 11) is 0. The zero-order valence-corrected chi connectivity index (χ0v) is 14.4. The fraction of sp³-hybridized carbons (Fsp3) is 0.529. The Morgan fingerprint density at radius 3 is 2.73 bits per heavy atom. The summed E-state index contributed by atoms with van der Waals surface area (Å²) >= 11 is 3.42. The van der Waals surface area contributed by atoms with Crippen molar-refractivity contribution in [2.45, 2.75) is 45.1 Å². The molecule has 0 spiro atoms. The summed E-state index contributed by atoms with van der Waals surface area (Å²) < 4.78 is 0.992. The molecule has 1 saturated carbocycles. The molecule has 1 aromatic carbocycles. The molecule has 0 radical (unpaired) electrons. The van der Waals surface area contributed by atoms with E-state index in [-0.39, 0.29) is 17.7 Å². The van der Waals surface area contributed by atoms with Gasteiger partial charge in [-0.2, -0.15) is 0 Å². The van der Waals surface area contributed by atoms with Gasteiger partial charge in [-0.3, -0.25) is 9.59 Å². The number of hydrogen-bond acceptors (Lipinski definition) is 2. The molecule has 0 aromatic heterocycles. The molecule has 2 aliphatic rings. The largest absolute Gasteiger partial charge is 0.339 e. The quantitative estimate of drug-likeness (QED) is 0.892. The number of carbonyl (C=O) groups excluding carboxylic acids is 2. The van der Waals surface area contributed by atoms with E-state index in [1.165, 1.54) is 12.8 Å². The minimum Gasteiger partial charge on any atom is -0.339 e. The average molecular weight is 365 g/mol. The number of nitrogens with one attached hydrogen (secondary N) is 1. The number of aryl methyl sites for hydroxylation is 1. The maximum absolute atomic E-state index is 12.5. The maximum Gasteiger partial charge on any atom is 0.229 e. The summed E-state index contributed by atoms with van der Waals surface area (Å²) in [4.78, 5) is 26.6. The SMILES string of the molecule is Cc1cc(Br)ccc1NC(=O)C1CC(=O)N(C2CCCC2)C1. The Labute approximate surface area is 139 Å². The molecule has 5 heteroatoms. The molecular weight excluding hydrogens is 344 g/mol. The molecule has 3 rings (SSSR count). The number of halogens is 1. The van der Waals surface area contributed by atoms with Crippen molar-refractivity contribution in [1.82, 2.24) is 4.90 Å². The Morgan fingerprint density at radius 2 is 2.05 bits per heavy atom. The van der Waals surface area contributed by atoms with Crippen molar-refractivity contribution in [1.29, 1.82) is 0 Å². The Balaban J connectivity index is 1.64. The smallest absolute Gasteiger partial charge is 0.229 e. The van der Waals surface area contributed by atoms with Crippen molar-refractivity contribution in [3.05, 3.63) is 28.2 Å². The summed E-state index contributed by atoms with van der Waals surface area (Å²) in [6, 6.07) is 6.13. The van der Waals surface area contributed by atoms with Gasteiger partial charge in [0, 0.05) is 29.2 Å². The minimum absolute atomic E-state index is 0.0423. The van der Waals surface area contributed by atoms with Crippen LogP contribution in [0.3, 0.4) is 0 Å². The maximum atomic E-state index is 12.5. The first kappa shape index (κ1) is 15.5. The van der Waals surface area contributed by atoms with Gasteiger partial charge >= 0.3 is 0 Å². The number of hydrogen-bond donors (Lipinski definition) is 1. The van der Waals surface area contributed by atoms with E-state index in [0.717, 1.165) is 28.6 Å². The standard InChI is InChI=1S/C17H21BrN2O2/c1-11-8-13(18)6-7-15(11)19-17(22)12-9-16(21)20(10-12)14-4-2-3-5-14/h6-8,12,14H,2-5,9-10H2,1H3,(H,19,22). The summed E-state index contributed by atoms with van der Waals surface area (Å²) in [6.45, 7) is 2.54. The Morgan fingerprint density at radius 1 is 1.32 bits per heavy atom. The Kier molecular flexibility index (Phi) is 4.52. The summed E-state index contributed by atoms with van der Waals surface area (Å²) in [5.74, 6) is -0.130. The topological polar surface area (TPSA) is 49.4 Å². The van der Waals surface area contributed by atoms with Gasteiger partial charge in [-0.15, -0.1) is 0 Å². The van der Waals surface area contributed by atoms with Crippen molar-refractivity contribution in [2.24, 2.45) is 5.92 Å². The molecule has 2 fully saturated rings. The molecule has 1 N–H and O–H groups in total. The molecule has 1 unspecified atom stereocenters. The molecule has 1 aliphatic heterocycles. The molecule has 2 amide bonds. The van der Waals surface area contributed by atoms with Crippen LogP contribution in [0.5, 0.6) is 0 Å². The molecule has 1 heterocycles. The lowest BCUT2D eigenvalue weighted by Crippen LogP contribution is -2.35. The van der Waals surface area contributed by atoms with E-state index in [9.17, 15) is 9.59 Å². The lowest BCUT2D eigenvalue weighted by atomic mass is 10.1. The van der Waals surface area contributed by atoms with Gasteiger partial charge in [0.1, 0.15) is 0 Å². The normalized spacial score (nSPS) is 22.4. The van der Waals surface area contributed by atoms with Crippen molar-refractivity contribution >= 4 is 33.4 Å². The van der Waals surface area contributed by atoms with Gasteiger partial charge in [0.25, 0.3) is 0 Å². The van der Waals surface area contributed by atoms with Crippen molar-refractivity contribution < 1.29 is 9.59 Å². The van der Waals surface area contributed by atoms with Crippen LogP contribution in [-0.2, 0) is 9.59 Å². The van der Waals surface area contributed by atoms with Crippen LogP contribution in [0, 0.1) is 12.8 Å². The number of likely N-dealkylation sites (tertiary alicyclic amines) is 1. The zero-order chi connectivity index (χ0) is 15.7. The lowest BCUT2D eigenvalue weighted by Gasteiger charge is -2.24. The van der Waals surface area contributed by atoms with Gasteiger partial charge in [-0.05, 0) is 43.5 Å². The first-order valence-corrected chi connectivity index (χ1v) is 8.70. The third kappa shape index (κ3) is 3.19. The second kappa shape index (κ2) is 6.41. The molecule has 1 aromatic rings. The Bertz CT molecular complexity index is 596. The van der Waals surface area contributed by atoms with E-state index in [2.05, 4.69) is 21.2 Å². The molecule has 1 atom stereocenters. The van der Waals surface area contributed by atoms with E-state index < -0.39 is 0 Å². The number of nitrogens with zero attached hydrogens (tertiary/aromatic N) is 1. The highest BCUT2D eigenvalue weighted by atomic mass is 79.9. The van der Waals surface area contributed by atoms with Crippen LogP contribution in [0.4, 0.5) is 5.69 Å². The first-order valence-electron chi connectivity index (χ1n) is 7.91. The third-order valence-corrected chi connectivity index (χ3v) is 5.23. The molecule has 22 heavy (non-hydrogen) atoms. The summed E-state index contributed by atoms with van der Waals surface area (Å²) in [5.41, 5.74) is 1.83. The number of carbonyl (C=O) groups is 2. The lowest BCUT2D eigenvalue weighted by molar-refractivity contribution is -0.129. The number of benzene rings is 1. The van der Waals surface area contributed by atoms with E-state index in [1.54, 1.807) is 0 Å². The van der Waals surface area contributed by atoms with Gasteiger partial charge < -0.3 is 10.2 Å². The zero-order valence-electron chi connectivity index (χ0n) is 12.8. The molecule has 118 valence electrons. The van der Waals surface area contributed by atoms with Gasteiger partial charge in [-0.25, -0.2) is 0 Å². The van der Waals surface area contributed by atoms with Crippen molar-refractivity contribution in [3.8, 4) is 0 Å². The van der Waals surface area contributed by atoms with E-state index in [1.807, 2.05) is 30.0 Å². The highest BCUT2D eigenvalue weighted by Gasteiger charge is 2.38. The third-order valence-electron chi connectivity index (χ3n) is 4.74. The van der Waals surface area contributed by atoms with Crippen LogP contribution in [0.25, 0.3) is 0 Å². The van der Waals surface area contributed by atoms with Gasteiger partial charge in [0.15, 0.2) is 0 Å². The second-order valence-electron chi connectivity index (χ2n) is 6.33. The average Bonchev–Trinajstić information content (AvgIpc) is 3.10. The summed E-state index contributed by atoms with van der Waals surface area (Å²) in [6.07, 6.45) is 4.92. The van der Waals surface area contributed by atoms with Crippen LogP contribution >= 0.6 is 15.9 Å². The second-order valence-corrected chi connectivity index (χ2v) is 7.25. The monoisotopic (exact) mass is 364 g/mol. The molecule has 1 saturated heterocycles. The fourth-order valence-corrected chi connectivity index (χ4v) is 3.95. The van der Waals surface area contributed by atoms with Crippen LogP contribution in [0.1, 0.15) is 37.7 Å². The van der Waals surface area contributed by atoms with Crippen LogP contribution in [0.15, 0.2) is 22.7 Å². The van der Waals surface area contributed by atoms with Crippen molar-refractivity contribution in [3.63, 3.8) is 0 Å². The summed E-state index contributed by atoms with van der Waals surface area (Å²) in [5, 5.41) is 2.97. The molecule has 0 bridgehead atoms. The van der Waals surface area contributed by atoms with E-state index in [0.29, 0.717) is 19.0 Å². The van der Waals surface area contributed by atoms with Gasteiger partial charge in [0.05, 0.1) is 5.92 Å². The van der Waals surface area contributed by atoms with E-state index >= 15 is 0 Å². The molecule has 4 nitrogen and oxygen atoms in total.